The lowest BCUT2D eigenvalue weighted by molar-refractivity contribution is -0.107. The molecule has 3 nitrogen and oxygen atoms in total. The van der Waals surface area contributed by atoms with Crippen molar-refractivity contribution < 1.29 is 14.3 Å². The van der Waals surface area contributed by atoms with Crippen LogP contribution in [0.2, 0.25) is 0 Å². The summed E-state index contributed by atoms with van der Waals surface area (Å²) in [7, 11) is 1.55. The SMILES string of the molecule is C=C/C=C(\C(=O)SC)C(=O)c1ccc(OC)cc1. The molecule has 0 aliphatic heterocycles. The number of allylic oxidation sites excluding steroid dienone is 2. The van der Waals surface area contributed by atoms with Gasteiger partial charge in [0.05, 0.1) is 12.7 Å². The first-order valence-corrected chi connectivity index (χ1v) is 6.46. The summed E-state index contributed by atoms with van der Waals surface area (Å²) in [5.74, 6) is 0.355. The monoisotopic (exact) mass is 262 g/mol. The number of rotatable bonds is 5. The molecule has 0 fully saturated rings. The van der Waals surface area contributed by atoms with Crippen molar-refractivity contribution in [3.8, 4) is 5.75 Å². The van der Waals surface area contributed by atoms with E-state index in [0.717, 1.165) is 11.8 Å². The van der Waals surface area contributed by atoms with Gasteiger partial charge in [-0.1, -0.05) is 24.4 Å². The average Bonchev–Trinajstić information content (AvgIpc) is 2.43. The fourth-order valence-corrected chi connectivity index (χ4v) is 1.74. The maximum Gasteiger partial charge on any atom is 0.223 e. The van der Waals surface area contributed by atoms with Crippen LogP contribution in [-0.2, 0) is 4.79 Å². The van der Waals surface area contributed by atoms with Gasteiger partial charge in [0.15, 0.2) is 5.78 Å². The lowest BCUT2D eigenvalue weighted by Gasteiger charge is -2.04. The molecule has 0 aliphatic carbocycles. The highest BCUT2D eigenvalue weighted by molar-refractivity contribution is 8.13. The molecule has 0 unspecified atom stereocenters. The number of Topliss-reactive ketones (excluding diaryl/α,β-unsaturated/α-hetero) is 1. The van der Waals surface area contributed by atoms with Crippen molar-refractivity contribution in [3.05, 3.63) is 54.1 Å². The number of methoxy groups -OCH3 is 1. The molecule has 0 bridgehead atoms. The normalized spacial score (nSPS) is 10.9. The molecule has 1 aromatic rings. The van der Waals surface area contributed by atoms with Gasteiger partial charge in [0.2, 0.25) is 5.12 Å². The van der Waals surface area contributed by atoms with Gasteiger partial charge < -0.3 is 4.74 Å². The fraction of sp³-hybridized carbons (Fsp3) is 0.143. The average molecular weight is 262 g/mol. The number of carbonyl (C=O) groups is 2. The van der Waals surface area contributed by atoms with Crippen LogP contribution in [0.25, 0.3) is 0 Å². The number of ether oxygens (including phenoxy) is 1. The van der Waals surface area contributed by atoms with Crippen molar-refractivity contribution in [2.45, 2.75) is 0 Å². The second-order valence-electron chi connectivity index (χ2n) is 3.37. The third-order valence-electron chi connectivity index (χ3n) is 2.29. The number of hydrogen-bond donors (Lipinski definition) is 0. The summed E-state index contributed by atoms with van der Waals surface area (Å²) in [6.45, 7) is 3.51. The first kappa shape index (κ1) is 14.3. The molecule has 94 valence electrons. The van der Waals surface area contributed by atoms with E-state index in [1.165, 1.54) is 12.2 Å². The molecular formula is C14H14O3S. The minimum Gasteiger partial charge on any atom is -0.497 e. The van der Waals surface area contributed by atoms with Gasteiger partial charge in [-0.05, 0) is 36.6 Å². The van der Waals surface area contributed by atoms with Gasteiger partial charge in [-0.25, -0.2) is 0 Å². The number of hydrogen-bond acceptors (Lipinski definition) is 4. The van der Waals surface area contributed by atoms with Crippen LogP contribution in [0.5, 0.6) is 5.75 Å². The summed E-state index contributed by atoms with van der Waals surface area (Å²) in [5, 5.41) is -0.268. The van der Waals surface area contributed by atoms with Crippen molar-refractivity contribution >= 4 is 22.7 Å². The highest BCUT2D eigenvalue weighted by atomic mass is 32.2. The van der Waals surface area contributed by atoms with E-state index in [2.05, 4.69) is 6.58 Å². The predicted octanol–water partition coefficient (Wildman–Crippen LogP) is 2.88. The van der Waals surface area contributed by atoms with Crippen LogP contribution in [0.3, 0.4) is 0 Å². The van der Waals surface area contributed by atoms with Crippen molar-refractivity contribution in [2.75, 3.05) is 13.4 Å². The van der Waals surface area contributed by atoms with E-state index in [-0.39, 0.29) is 16.5 Å². The standard InChI is InChI=1S/C14H14O3S/c1-4-5-12(14(16)18-3)13(15)10-6-8-11(17-2)9-7-10/h4-9H,1H2,2-3H3/b12-5-. The smallest absolute Gasteiger partial charge is 0.223 e. The molecule has 0 amide bonds. The Bertz CT molecular complexity index is 486. The molecule has 1 rings (SSSR count). The molecule has 0 saturated heterocycles. The lowest BCUT2D eigenvalue weighted by atomic mass is 10.0. The predicted molar refractivity (Wildman–Crippen MR) is 74.1 cm³/mol. The van der Waals surface area contributed by atoms with Crippen LogP contribution in [0, 0.1) is 0 Å². The fourth-order valence-electron chi connectivity index (χ4n) is 1.36. The Hall–Kier alpha value is -1.81. The maximum absolute atomic E-state index is 12.1. The zero-order valence-corrected chi connectivity index (χ0v) is 11.1. The first-order valence-electron chi connectivity index (χ1n) is 5.23. The van der Waals surface area contributed by atoms with E-state index in [0.29, 0.717) is 11.3 Å². The number of carbonyl (C=O) groups excluding carboxylic acids is 2. The molecule has 1 aromatic carbocycles. The molecule has 0 saturated carbocycles. The van der Waals surface area contributed by atoms with Gasteiger partial charge in [0, 0.05) is 5.56 Å². The molecule has 4 heteroatoms. The Labute approximate surface area is 111 Å². The third-order valence-corrected chi connectivity index (χ3v) is 2.88. The third kappa shape index (κ3) is 3.34. The Morgan fingerprint density at radius 2 is 1.89 bits per heavy atom. The van der Waals surface area contributed by atoms with Gasteiger partial charge in [0.1, 0.15) is 5.75 Å². The summed E-state index contributed by atoms with van der Waals surface area (Å²) in [6.07, 6.45) is 4.51. The second kappa shape index (κ2) is 6.81. The van der Waals surface area contributed by atoms with Gasteiger partial charge >= 0.3 is 0 Å². The van der Waals surface area contributed by atoms with E-state index < -0.39 is 0 Å². The van der Waals surface area contributed by atoms with E-state index in [1.807, 2.05) is 0 Å². The topological polar surface area (TPSA) is 43.4 Å². The number of ketones is 1. The Morgan fingerprint density at radius 3 is 2.33 bits per heavy atom. The second-order valence-corrected chi connectivity index (χ2v) is 4.14. The molecule has 0 radical (unpaired) electrons. The summed E-state index contributed by atoms with van der Waals surface area (Å²) in [4.78, 5) is 23.8. The number of thioether (sulfide) groups is 1. The summed E-state index contributed by atoms with van der Waals surface area (Å²) in [5.41, 5.74) is 0.578. The minimum absolute atomic E-state index is 0.127. The van der Waals surface area contributed by atoms with Crippen LogP contribution in [0.15, 0.2) is 48.6 Å². The first-order chi connectivity index (χ1) is 8.63. The Morgan fingerprint density at radius 1 is 1.28 bits per heavy atom. The molecular weight excluding hydrogens is 248 g/mol. The Balaban J connectivity index is 3.06. The van der Waals surface area contributed by atoms with Crippen molar-refractivity contribution in [3.63, 3.8) is 0 Å². The zero-order valence-electron chi connectivity index (χ0n) is 10.3. The van der Waals surface area contributed by atoms with Gasteiger partial charge in [0.25, 0.3) is 0 Å². The van der Waals surface area contributed by atoms with Gasteiger partial charge in [-0.3, -0.25) is 9.59 Å². The summed E-state index contributed by atoms with van der Waals surface area (Å²) >= 11 is 1.00. The quantitative estimate of drug-likeness (QED) is 0.269. The maximum atomic E-state index is 12.1. The van der Waals surface area contributed by atoms with Crippen LogP contribution in [0.4, 0.5) is 0 Å². The summed E-state index contributed by atoms with van der Waals surface area (Å²) < 4.78 is 5.01. The highest BCUT2D eigenvalue weighted by Gasteiger charge is 2.18. The minimum atomic E-state index is -0.308. The van der Waals surface area contributed by atoms with E-state index in [9.17, 15) is 9.59 Å². The summed E-state index contributed by atoms with van der Waals surface area (Å²) in [6, 6.07) is 6.63. The molecule has 0 spiro atoms. The molecule has 0 atom stereocenters. The zero-order chi connectivity index (χ0) is 13.5. The van der Waals surface area contributed by atoms with E-state index in [1.54, 1.807) is 37.6 Å². The van der Waals surface area contributed by atoms with E-state index >= 15 is 0 Å². The number of benzene rings is 1. The van der Waals surface area contributed by atoms with Crippen LogP contribution < -0.4 is 4.74 Å². The Kier molecular flexibility index (Phi) is 5.39. The molecule has 0 aliphatic rings. The largest absolute Gasteiger partial charge is 0.497 e. The molecule has 0 aromatic heterocycles. The molecule has 18 heavy (non-hydrogen) atoms. The lowest BCUT2D eigenvalue weighted by Crippen LogP contribution is -2.10. The van der Waals surface area contributed by atoms with Crippen LogP contribution >= 0.6 is 11.8 Å². The highest BCUT2D eigenvalue weighted by Crippen LogP contribution is 2.17. The van der Waals surface area contributed by atoms with Gasteiger partial charge in [-0.15, -0.1) is 0 Å². The van der Waals surface area contributed by atoms with Crippen molar-refractivity contribution in [1.82, 2.24) is 0 Å². The van der Waals surface area contributed by atoms with Crippen molar-refractivity contribution in [2.24, 2.45) is 0 Å². The van der Waals surface area contributed by atoms with E-state index in [4.69, 9.17) is 4.74 Å². The molecule has 0 N–H and O–H groups in total. The van der Waals surface area contributed by atoms with Crippen LogP contribution in [0.1, 0.15) is 10.4 Å². The van der Waals surface area contributed by atoms with Crippen molar-refractivity contribution in [1.29, 1.82) is 0 Å². The van der Waals surface area contributed by atoms with Crippen LogP contribution in [-0.4, -0.2) is 24.3 Å². The molecule has 0 heterocycles. The van der Waals surface area contributed by atoms with Gasteiger partial charge in [-0.2, -0.15) is 0 Å².